The third-order valence-corrected chi connectivity index (χ3v) is 6.45. The fourth-order valence-corrected chi connectivity index (χ4v) is 4.71. The number of methoxy groups -OCH3 is 1. The first-order chi connectivity index (χ1) is 13.5. The number of carbonyl (C=O) groups is 2. The molecule has 164 valence electrons. The number of unbranched alkanes of at least 4 members (excludes halogenated alkanes) is 1. The van der Waals surface area contributed by atoms with Crippen LogP contribution in [0.5, 0.6) is 0 Å². The fourth-order valence-electron chi connectivity index (χ4n) is 4.71. The van der Waals surface area contributed by atoms with Crippen LogP contribution in [0.25, 0.3) is 0 Å². The Morgan fingerprint density at radius 1 is 0.893 bits per heavy atom. The molecule has 2 saturated carbocycles. The zero-order valence-corrected chi connectivity index (χ0v) is 18.4. The molecule has 4 heteroatoms. The van der Waals surface area contributed by atoms with Crippen LogP contribution in [-0.4, -0.2) is 30.1 Å². The summed E-state index contributed by atoms with van der Waals surface area (Å²) in [6.07, 6.45) is 20.6. The van der Waals surface area contributed by atoms with Crippen LogP contribution in [0, 0.1) is 11.8 Å². The minimum absolute atomic E-state index is 0.157. The molecule has 0 saturated heterocycles. The number of carboxylic acid groups (broad SMARTS) is 1. The van der Waals surface area contributed by atoms with Crippen LogP contribution in [0.1, 0.15) is 116 Å². The molecule has 0 spiro atoms. The average Bonchev–Trinajstić information content (AvgIpc) is 2.70. The van der Waals surface area contributed by atoms with Crippen molar-refractivity contribution < 1.29 is 19.4 Å². The van der Waals surface area contributed by atoms with Gasteiger partial charge < -0.3 is 9.84 Å². The molecule has 2 aliphatic carbocycles. The highest BCUT2D eigenvalue weighted by Gasteiger charge is 2.17. The monoisotopic (exact) mass is 396 g/mol. The molecule has 1 unspecified atom stereocenters. The zero-order valence-electron chi connectivity index (χ0n) is 18.4. The minimum Gasteiger partial charge on any atom is -0.481 e. The quantitative estimate of drug-likeness (QED) is 0.402. The van der Waals surface area contributed by atoms with Gasteiger partial charge >= 0.3 is 5.97 Å². The molecule has 0 aliphatic heterocycles. The first-order valence-electron chi connectivity index (χ1n) is 11.7. The third-order valence-electron chi connectivity index (χ3n) is 6.45. The lowest BCUT2D eigenvalue weighted by Gasteiger charge is -2.23. The van der Waals surface area contributed by atoms with Crippen molar-refractivity contribution in [3.8, 4) is 0 Å². The predicted octanol–water partition coefficient (Wildman–Crippen LogP) is 6.55. The molecule has 1 atom stereocenters. The van der Waals surface area contributed by atoms with Crippen LogP contribution in [0.15, 0.2) is 0 Å². The van der Waals surface area contributed by atoms with Crippen LogP contribution in [0.2, 0.25) is 0 Å². The largest absolute Gasteiger partial charge is 0.481 e. The maximum atomic E-state index is 11.0. The summed E-state index contributed by atoms with van der Waals surface area (Å²) in [6.45, 7) is 1.65. The van der Waals surface area contributed by atoms with Crippen molar-refractivity contribution >= 4 is 11.8 Å². The average molecular weight is 397 g/mol. The van der Waals surface area contributed by atoms with Gasteiger partial charge in [0, 0.05) is 20.0 Å². The Balaban J connectivity index is 0.000000283. The van der Waals surface area contributed by atoms with Crippen LogP contribution in [0.4, 0.5) is 0 Å². The van der Waals surface area contributed by atoms with E-state index in [0.29, 0.717) is 12.8 Å². The molecule has 2 aliphatic rings. The van der Waals surface area contributed by atoms with Gasteiger partial charge in [-0.1, -0.05) is 77.0 Å². The molecule has 0 aromatic rings. The predicted molar refractivity (Wildman–Crippen MR) is 115 cm³/mol. The summed E-state index contributed by atoms with van der Waals surface area (Å²) >= 11 is 0. The lowest BCUT2D eigenvalue weighted by Crippen LogP contribution is -2.17. The van der Waals surface area contributed by atoms with Crippen molar-refractivity contribution in [1.29, 1.82) is 0 Å². The number of hydrogen-bond donors (Lipinski definition) is 1. The summed E-state index contributed by atoms with van der Waals surface area (Å²) in [5.41, 5.74) is 0. The number of ether oxygens (including phenoxy) is 1. The van der Waals surface area contributed by atoms with E-state index in [0.717, 1.165) is 31.1 Å². The Kier molecular flexibility index (Phi) is 14.3. The van der Waals surface area contributed by atoms with Gasteiger partial charge in [-0.3, -0.25) is 9.59 Å². The van der Waals surface area contributed by atoms with Gasteiger partial charge in [-0.15, -0.1) is 0 Å². The summed E-state index contributed by atoms with van der Waals surface area (Å²) in [7, 11) is 1.72. The first kappa shape index (κ1) is 25.1. The molecule has 0 amide bonds. The highest BCUT2D eigenvalue weighted by molar-refractivity contribution is 5.75. The Hall–Kier alpha value is -0.900. The SMILES string of the molecule is COC(CCC1CCCCC1)CC(C)=O.O=C(O)CCCCC1CCCCC1. The van der Waals surface area contributed by atoms with Crippen molar-refractivity contribution in [1.82, 2.24) is 0 Å². The van der Waals surface area contributed by atoms with E-state index in [4.69, 9.17) is 9.84 Å². The topological polar surface area (TPSA) is 63.6 Å². The van der Waals surface area contributed by atoms with Gasteiger partial charge in [0.15, 0.2) is 0 Å². The second kappa shape index (κ2) is 16.0. The maximum absolute atomic E-state index is 11.0. The van der Waals surface area contributed by atoms with Crippen molar-refractivity contribution in [2.24, 2.45) is 11.8 Å². The van der Waals surface area contributed by atoms with E-state index < -0.39 is 5.97 Å². The highest BCUT2D eigenvalue weighted by Crippen LogP contribution is 2.29. The van der Waals surface area contributed by atoms with Crippen molar-refractivity contribution in [2.45, 2.75) is 122 Å². The molecule has 4 nitrogen and oxygen atoms in total. The third kappa shape index (κ3) is 13.3. The fraction of sp³-hybridized carbons (Fsp3) is 0.917. The Labute approximate surface area is 172 Å². The summed E-state index contributed by atoms with van der Waals surface area (Å²) < 4.78 is 5.33. The van der Waals surface area contributed by atoms with Gasteiger partial charge in [-0.2, -0.15) is 0 Å². The van der Waals surface area contributed by atoms with Gasteiger partial charge in [0.1, 0.15) is 5.78 Å². The molecule has 2 rings (SSSR count). The van der Waals surface area contributed by atoms with E-state index in [-0.39, 0.29) is 11.9 Å². The molecular formula is C24H44O4. The van der Waals surface area contributed by atoms with Crippen molar-refractivity contribution in [2.75, 3.05) is 7.11 Å². The number of rotatable bonds is 11. The number of carboxylic acids is 1. The van der Waals surface area contributed by atoms with E-state index in [2.05, 4.69) is 0 Å². The van der Waals surface area contributed by atoms with Crippen LogP contribution < -0.4 is 0 Å². The smallest absolute Gasteiger partial charge is 0.303 e. The lowest BCUT2D eigenvalue weighted by molar-refractivity contribution is -0.137. The molecule has 1 N–H and O–H groups in total. The molecule has 0 aromatic heterocycles. The molecule has 0 aromatic carbocycles. The Morgan fingerprint density at radius 2 is 1.43 bits per heavy atom. The molecular weight excluding hydrogens is 352 g/mol. The van der Waals surface area contributed by atoms with Crippen LogP contribution in [0.3, 0.4) is 0 Å². The molecule has 0 heterocycles. The Bertz CT molecular complexity index is 409. The van der Waals surface area contributed by atoms with Gasteiger partial charge in [-0.25, -0.2) is 0 Å². The van der Waals surface area contributed by atoms with E-state index >= 15 is 0 Å². The van der Waals surface area contributed by atoms with Crippen LogP contribution in [-0.2, 0) is 14.3 Å². The van der Waals surface area contributed by atoms with Gasteiger partial charge in [0.2, 0.25) is 0 Å². The van der Waals surface area contributed by atoms with Gasteiger partial charge in [0.05, 0.1) is 6.10 Å². The number of ketones is 1. The summed E-state index contributed by atoms with van der Waals surface area (Å²) in [4.78, 5) is 21.2. The summed E-state index contributed by atoms with van der Waals surface area (Å²) in [5.74, 6) is 1.39. The van der Waals surface area contributed by atoms with E-state index in [1.165, 1.54) is 77.0 Å². The first-order valence-corrected chi connectivity index (χ1v) is 11.7. The molecule has 0 radical (unpaired) electrons. The number of aliphatic carboxylic acids is 1. The lowest BCUT2D eigenvalue weighted by atomic mass is 9.85. The van der Waals surface area contributed by atoms with Gasteiger partial charge in [0.25, 0.3) is 0 Å². The summed E-state index contributed by atoms with van der Waals surface area (Å²) in [6, 6.07) is 0. The number of hydrogen-bond acceptors (Lipinski definition) is 3. The molecule has 28 heavy (non-hydrogen) atoms. The highest BCUT2D eigenvalue weighted by atomic mass is 16.5. The summed E-state index contributed by atoms with van der Waals surface area (Å²) in [5, 5.41) is 8.45. The normalized spacial score (nSPS) is 19.5. The van der Waals surface area contributed by atoms with Crippen LogP contribution >= 0.6 is 0 Å². The number of Topliss-reactive ketones (excluding diaryl/α,β-unsaturated/α-hetero) is 1. The van der Waals surface area contributed by atoms with E-state index in [9.17, 15) is 9.59 Å². The molecule has 2 fully saturated rings. The van der Waals surface area contributed by atoms with E-state index in [1.54, 1.807) is 14.0 Å². The minimum atomic E-state index is -0.649. The standard InChI is InChI=1S/C13H24O2.C11H20O2/c1-11(14)10-13(15-2)9-8-12-6-4-3-5-7-12;12-11(13)9-5-4-8-10-6-2-1-3-7-10/h12-13H,3-10H2,1-2H3;10H,1-9H2,(H,12,13). The van der Waals surface area contributed by atoms with Gasteiger partial charge in [-0.05, 0) is 38.0 Å². The second-order valence-electron chi connectivity index (χ2n) is 8.99. The molecule has 0 bridgehead atoms. The van der Waals surface area contributed by atoms with E-state index in [1.807, 2.05) is 0 Å². The Morgan fingerprint density at radius 3 is 1.89 bits per heavy atom. The van der Waals surface area contributed by atoms with Crippen molar-refractivity contribution in [3.63, 3.8) is 0 Å². The second-order valence-corrected chi connectivity index (χ2v) is 8.99. The number of carbonyl (C=O) groups excluding carboxylic acids is 1. The van der Waals surface area contributed by atoms with Crippen molar-refractivity contribution in [3.05, 3.63) is 0 Å². The maximum Gasteiger partial charge on any atom is 0.303 e. The zero-order chi connectivity index (χ0) is 20.6.